The third kappa shape index (κ3) is 4.37. The number of pyridine rings is 1. The second kappa shape index (κ2) is 9.10. The summed E-state index contributed by atoms with van der Waals surface area (Å²) in [5.74, 6) is 0.0459. The number of carbonyl (C=O) groups excluding carboxylic acids is 1. The van der Waals surface area contributed by atoms with Crippen LogP contribution in [-0.4, -0.2) is 43.3 Å². The maximum Gasteiger partial charge on any atom is 0.251 e. The maximum absolute atomic E-state index is 13.0. The molecular formula is C24H24N2O5S. The highest BCUT2D eigenvalue weighted by Gasteiger charge is 2.28. The summed E-state index contributed by atoms with van der Waals surface area (Å²) in [6, 6.07) is 17.4. The second-order valence-electron chi connectivity index (χ2n) is 7.65. The van der Waals surface area contributed by atoms with E-state index >= 15 is 0 Å². The van der Waals surface area contributed by atoms with Crippen molar-refractivity contribution in [2.24, 2.45) is 0 Å². The van der Waals surface area contributed by atoms with E-state index in [0.717, 1.165) is 28.5 Å². The summed E-state index contributed by atoms with van der Waals surface area (Å²) >= 11 is 0. The van der Waals surface area contributed by atoms with Crippen molar-refractivity contribution in [3.8, 4) is 16.9 Å². The molecule has 8 heteroatoms. The topological polar surface area (TPSA) is 85.7 Å². The van der Waals surface area contributed by atoms with Gasteiger partial charge in [-0.1, -0.05) is 36.4 Å². The number of rotatable bonds is 7. The Balaban J connectivity index is 1.62. The number of aromatic nitrogens is 1. The number of benzene rings is 2. The lowest BCUT2D eigenvalue weighted by atomic mass is 10.0. The van der Waals surface area contributed by atoms with Crippen molar-refractivity contribution in [1.29, 1.82) is 0 Å². The summed E-state index contributed by atoms with van der Waals surface area (Å²) in [5, 5.41) is 0. The molecule has 32 heavy (non-hydrogen) atoms. The summed E-state index contributed by atoms with van der Waals surface area (Å²) < 4.78 is 33.6. The van der Waals surface area contributed by atoms with Crippen molar-refractivity contribution in [1.82, 2.24) is 8.87 Å². The fraction of sp³-hybridized carbons (Fsp3) is 0.250. The summed E-state index contributed by atoms with van der Waals surface area (Å²) in [4.78, 5) is 25.4. The highest BCUT2D eigenvalue weighted by atomic mass is 32.2. The molecule has 0 atom stereocenters. The Labute approximate surface area is 186 Å². The van der Waals surface area contributed by atoms with Gasteiger partial charge in [-0.25, -0.2) is 8.42 Å². The van der Waals surface area contributed by atoms with Gasteiger partial charge in [-0.2, -0.15) is 4.31 Å². The molecule has 2 heterocycles. The molecule has 0 N–H and O–H groups in total. The molecule has 1 aliphatic heterocycles. The molecule has 166 valence electrons. The number of ketones is 1. The number of sulfonamides is 1. The van der Waals surface area contributed by atoms with Crippen LogP contribution >= 0.6 is 0 Å². The standard InChI is InChI=1S/C24H24N2O5S/c1-31-23-15-19(18-7-3-2-4-8-18)9-11-21(23)22(27)17-25-16-20(10-12-24(25)28)32(29,30)26-13-5-6-14-26/h2-4,7-12,15-16H,5-6,13-14,17H2,1H3. The minimum atomic E-state index is -3.69. The first-order valence-electron chi connectivity index (χ1n) is 10.4. The SMILES string of the molecule is COc1cc(-c2ccccc2)ccc1C(=O)Cn1cc(S(=O)(=O)N2CCCC2)ccc1=O. The van der Waals surface area contributed by atoms with Crippen LogP contribution in [0.25, 0.3) is 11.1 Å². The molecule has 3 aromatic rings. The highest BCUT2D eigenvalue weighted by molar-refractivity contribution is 7.89. The van der Waals surface area contributed by atoms with E-state index in [4.69, 9.17) is 4.74 Å². The molecule has 2 aromatic carbocycles. The zero-order chi connectivity index (χ0) is 22.7. The highest BCUT2D eigenvalue weighted by Crippen LogP contribution is 2.28. The molecule has 7 nitrogen and oxygen atoms in total. The summed E-state index contributed by atoms with van der Waals surface area (Å²) in [6.07, 6.45) is 2.88. The van der Waals surface area contributed by atoms with Gasteiger partial charge in [0.2, 0.25) is 10.0 Å². The van der Waals surface area contributed by atoms with E-state index < -0.39 is 15.6 Å². The predicted octanol–water partition coefficient (Wildman–Crippen LogP) is 3.19. The van der Waals surface area contributed by atoms with Crippen LogP contribution < -0.4 is 10.3 Å². The number of methoxy groups -OCH3 is 1. The normalized spacial score (nSPS) is 14.4. The van der Waals surface area contributed by atoms with Crippen LogP contribution in [0.2, 0.25) is 0 Å². The average molecular weight is 453 g/mol. The molecule has 0 bridgehead atoms. The van der Waals surface area contributed by atoms with Crippen LogP contribution in [-0.2, 0) is 16.6 Å². The van der Waals surface area contributed by atoms with Crippen LogP contribution in [0.15, 0.2) is 76.6 Å². The van der Waals surface area contributed by atoms with Crippen LogP contribution in [0, 0.1) is 0 Å². The van der Waals surface area contributed by atoms with E-state index in [-0.39, 0.29) is 17.2 Å². The first kappa shape index (κ1) is 22.0. The first-order chi connectivity index (χ1) is 15.4. The van der Waals surface area contributed by atoms with Gasteiger partial charge < -0.3 is 9.30 Å². The lowest BCUT2D eigenvalue weighted by Crippen LogP contribution is -2.30. The average Bonchev–Trinajstić information content (AvgIpc) is 3.36. The third-order valence-electron chi connectivity index (χ3n) is 5.58. The number of carbonyl (C=O) groups is 1. The van der Waals surface area contributed by atoms with Crippen molar-refractivity contribution in [3.63, 3.8) is 0 Å². The van der Waals surface area contributed by atoms with Crippen LogP contribution in [0.3, 0.4) is 0 Å². The number of Topliss-reactive ketones (excluding diaryl/α,β-unsaturated/α-hetero) is 1. The zero-order valence-corrected chi connectivity index (χ0v) is 18.5. The van der Waals surface area contributed by atoms with E-state index in [1.165, 1.54) is 29.7 Å². The van der Waals surface area contributed by atoms with E-state index in [0.29, 0.717) is 24.4 Å². The largest absolute Gasteiger partial charge is 0.496 e. The van der Waals surface area contributed by atoms with E-state index in [1.54, 1.807) is 12.1 Å². The van der Waals surface area contributed by atoms with Gasteiger partial charge in [-0.3, -0.25) is 9.59 Å². The Hall–Kier alpha value is -3.23. The number of nitrogens with zero attached hydrogens (tertiary/aromatic N) is 2. The van der Waals surface area contributed by atoms with E-state index in [9.17, 15) is 18.0 Å². The quantitative estimate of drug-likeness (QED) is 0.514. The van der Waals surface area contributed by atoms with Gasteiger partial charge in [0.05, 0.1) is 24.1 Å². The summed E-state index contributed by atoms with van der Waals surface area (Å²) in [7, 11) is -2.21. The lowest BCUT2D eigenvalue weighted by Gasteiger charge is -2.16. The summed E-state index contributed by atoms with van der Waals surface area (Å²) in [6.45, 7) is 0.639. The minimum Gasteiger partial charge on any atom is -0.496 e. The zero-order valence-electron chi connectivity index (χ0n) is 17.7. The Morgan fingerprint density at radius 2 is 1.69 bits per heavy atom. The van der Waals surface area contributed by atoms with Crippen LogP contribution in [0.5, 0.6) is 5.75 Å². The lowest BCUT2D eigenvalue weighted by molar-refractivity contribution is 0.0967. The van der Waals surface area contributed by atoms with Gasteiger partial charge >= 0.3 is 0 Å². The van der Waals surface area contributed by atoms with Crippen LogP contribution in [0.1, 0.15) is 23.2 Å². The molecular weight excluding hydrogens is 428 g/mol. The van der Waals surface area contributed by atoms with Gasteiger partial charge in [0.25, 0.3) is 5.56 Å². The molecule has 0 amide bonds. The third-order valence-corrected chi connectivity index (χ3v) is 7.46. The number of hydrogen-bond acceptors (Lipinski definition) is 5. The van der Waals surface area contributed by atoms with Crippen molar-refractivity contribution in [2.45, 2.75) is 24.3 Å². The number of ether oxygens (including phenoxy) is 1. The fourth-order valence-corrected chi connectivity index (χ4v) is 5.37. The minimum absolute atomic E-state index is 0.0122. The van der Waals surface area contributed by atoms with Crippen molar-refractivity contribution >= 4 is 15.8 Å². The monoisotopic (exact) mass is 452 g/mol. The predicted molar refractivity (Wildman–Crippen MR) is 121 cm³/mol. The van der Waals surface area contributed by atoms with Crippen molar-refractivity contribution in [3.05, 3.63) is 82.8 Å². The smallest absolute Gasteiger partial charge is 0.251 e. The maximum atomic E-state index is 13.0. The second-order valence-corrected chi connectivity index (χ2v) is 9.58. The molecule has 0 spiro atoms. The van der Waals surface area contributed by atoms with Gasteiger partial charge in [-0.15, -0.1) is 0 Å². The van der Waals surface area contributed by atoms with Crippen molar-refractivity contribution < 1.29 is 17.9 Å². The van der Waals surface area contributed by atoms with Crippen LogP contribution in [0.4, 0.5) is 0 Å². The molecule has 0 radical (unpaired) electrons. The first-order valence-corrected chi connectivity index (χ1v) is 11.8. The Morgan fingerprint density at radius 3 is 2.38 bits per heavy atom. The Bertz CT molecular complexity index is 1290. The summed E-state index contributed by atoms with van der Waals surface area (Å²) in [5.41, 5.74) is 1.76. The molecule has 0 saturated carbocycles. The molecule has 1 aliphatic rings. The number of hydrogen-bond donors (Lipinski definition) is 0. The van der Waals surface area contributed by atoms with E-state index in [2.05, 4.69) is 0 Å². The van der Waals surface area contributed by atoms with E-state index in [1.807, 2.05) is 36.4 Å². The van der Waals surface area contributed by atoms with Gasteiger partial charge in [0.15, 0.2) is 5.78 Å². The van der Waals surface area contributed by atoms with Crippen molar-refractivity contribution in [2.75, 3.05) is 20.2 Å². The molecule has 4 rings (SSSR count). The van der Waals surface area contributed by atoms with Gasteiger partial charge in [0, 0.05) is 25.4 Å². The molecule has 1 fully saturated rings. The Morgan fingerprint density at radius 1 is 0.969 bits per heavy atom. The van der Waals surface area contributed by atoms with Gasteiger partial charge in [0.1, 0.15) is 5.75 Å². The molecule has 1 saturated heterocycles. The molecule has 0 unspecified atom stereocenters. The Kier molecular flexibility index (Phi) is 6.25. The molecule has 0 aliphatic carbocycles. The fourth-order valence-electron chi connectivity index (χ4n) is 3.83. The van der Waals surface area contributed by atoms with Gasteiger partial charge in [-0.05, 0) is 42.2 Å². The molecule has 1 aromatic heterocycles.